The van der Waals surface area contributed by atoms with E-state index in [1.165, 1.54) is 0 Å². The Morgan fingerprint density at radius 2 is 1.95 bits per heavy atom. The summed E-state index contributed by atoms with van der Waals surface area (Å²) >= 11 is 0. The third-order valence-corrected chi connectivity index (χ3v) is 3.70. The number of hydrogen-bond donors (Lipinski definition) is 2. The Morgan fingerprint density at radius 1 is 1.26 bits per heavy atom. The Balaban J connectivity index is 2.01. The van der Waals surface area contributed by atoms with Gasteiger partial charge in [0.25, 0.3) is 0 Å². The summed E-state index contributed by atoms with van der Waals surface area (Å²) in [6, 6.07) is 0. The zero-order chi connectivity index (χ0) is 14.1. The van der Waals surface area contributed by atoms with E-state index >= 15 is 0 Å². The molecule has 0 unspecified atom stereocenters. The molecule has 1 rings (SSSR count). The molecule has 0 aromatic rings. The van der Waals surface area contributed by atoms with E-state index in [4.69, 9.17) is 9.84 Å². The number of morpholine rings is 1. The van der Waals surface area contributed by atoms with Gasteiger partial charge in [-0.25, -0.2) is 0 Å². The number of rotatable bonds is 9. The van der Waals surface area contributed by atoms with E-state index in [-0.39, 0.29) is 11.8 Å². The fraction of sp³-hybridized carbons (Fsp3) is 0.929. The summed E-state index contributed by atoms with van der Waals surface area (Å²) in [5, 5.41) is 12.1. The molecule has 0 spiro atoms. The lowest BCUT2D eigenvalue weighted by atomic mass is 9.84. The zero-order valence-electron chi connectivity index (χ0n) is 12.3. The summed E-state index contributed by atoms with van der Waals surface area (Å²) in [5.74, 6) is -0.701. The molecule has 19 heavy (non-hydrogen) atoms. The predicted molar refractivity (Wildman–Crippen MR) is 75.4 cm³/mol. The van der Waals surface area contributed by atoms with E-state index < -0.39 is 5.97 Å². The maximum atomic E-state index is 10.6. The first-order chi connectivity index (χ1) is 8.99. The standard InChI is InChI=1S/C14H28N2O3/c1-14(2,4-3-13(17)18)5-6-15-7-8-16-9-11-19-12-10-16/h15H,3-12H2,1-2H3,(H,17,18). The van der Waals surface area contributed by atoms with Gasteiger partial charge in [-0.05, 0) is 24.8 Å². The second kappa shape index (κ2) is 8.51. The molecule has 112 valence electrons. The molecule has 5 nitrogen and oxygen atoms in total. The summed E-state index contributed by atoms with van der Waals surface area (Å²) in [7, 11) is 0. The zero-order valence-corrected chi connectivity index (χ0v) is 12.3. The van der Waals surface area contributed by atoms with E-state index in [1.54, 1.807) is 0 Å². The van der Waals surface area contributed by atoms with Gasteiger partial charge in [-0.3, -0.25) is 9.69 Å². The lowest BCUT2D eigenvalue weighted by Crippen LogP contribution is -2.40. The summed E-state index contributed by atoms with van der Waals surface area (Å²) < 4.78 is 5.31. The smallest absolute Gasteiger partial charge is 0.303 e. The van der Waals surface area contributed by atoms with Gasteiger partial charge in [0.1, 0.15) is 0 Å². The molecule has 0 aromatic carbocycles. The first kappa shape index (κ1) is 16.4. The SMILES string of the molecule is CC(C)(CCNCCN1CCOCC1)CCC(=O)O. The molecule has 1 aliphatic rings. The molecule has 0 aromatic heterocycles. The summed E-state index contributed by atoms with van der Waals surface area (Å²) in [4.78, 5) is 13.0. The van der Waals surface area contributed by atoms with Gasteiger partial charge < -0.3 is 15.2 Å². The molecule has 2 N–H and O–H groups in total. The van der Waals surface area contributed by atoms with Crippen LogP contribution in [-0.4, -0.2) is 61.9 Å². The normalized spacial score (nSPS) is 17.6. The topological polar surface area (TPSA) is 61.8 Å². The third kappa shape index (κ3) is 8.18. The molecule has 1 aliphatic heterocycles. The van der Waals surface area contributed by atoms with Crippen LogP contribution < -0.4 is 5.32 Å². The van der Waals surface area contributed by atoms with Gasteiger partial charge in [0.2, 0.25) is 0 Å². The van der Waals surface area contributed by atoms with Crippen molar-refractivity contribution in [3.8, 4) is 0 Å². The predicted octanol–water partition coefficient (Wildman–Crippen LogP) is 1.19. The van der Waals surface area contributed by atoms with Crippen LogP contribution in [0, 0.1) is 5.41 Å². The van der Waals surface area contributed by atoms with Crippen molar-refractivity contribution in [1.29, 1.82) is 0 Å². The van der Waals surface area contributed by atoms with Gasteiger partial charge >= 0.3 is 5.97 Å². The van der Waals surface area contributed by atoms with Crippen molar-refractivity contribution in [1.82, 2.24) is 10.2 Å². The van der Waals surface area contributed by atoms with E-state index in [0.29, 0.717) is 0 Å². The number of carboxylic acid groups (broad SMARTS) is 1. The van der Waals surface area contributed by atoms with Crippen LogP contribution in [0.1, 0.15) is 33.1 Å². The summed E-state index contributed by atoms with van der Waals surface area (Å²) in [5.41, 5.74) is 0.102. The monoisotopic (exact) mass is 272 g/mol. The molecule has 0 aliphatic carbocycles. The Morgan fingerprint density at radius 3 is 2.58 bits per heavy atom. The van der Waals surface area contributed by atoms with Gasteiger partial charge in [0.05, 0.1) is 13.2 Å². The number of carbonyl (C=O) groups is 1. The largest absolute Gasteiger partial charge is 0.481 e. The maximum Gasteiger partial charge on any atom is 0.303 e. The molecule has 1 saturated heterocycles. The van der Waals surface area contributed by atoms with E-state index in [0.717, 1.165) is 58.8 Å². The number of carboxylic acids is 1. The molecular formula is C14H28N2O3. The van der Waals surface area contributed by atoms with E-state index in [1.807, 2.05) is 0 Å². The van der Waals surface area contributed by atoms with Crippen LogP contribution >= 0.6 is 0 Å². The molecule has 5 heteroatoms. The highest BCUT2D eigenvalue weighted by atomic mass is 16.5. The first-order valence-corrected chi connectivity index (χ1v) is 7.22. The molecule has 0 saturated carbocycles. The third-order valence-electron chi connectivity index (χ3n) is 3.70. The molecule has 0 radical (unpaired) electrons. The number of nitrogens with zero attached hydrogens (tertiary/aromatic N) is 1. The number of ether oxygens (including phenoxy) is 1. The fourth-order valence-corrected chi connectivity index (χ4v) is 2.18. The second-order valence-corrected chi connectivity index (χ2v) is 6.01. The molecule has 1 fully saturated rings. The van der Waals surface area contributed by atoms with Crippen LogP contribution in [0.25, 0.3) is 0 Å². The van der Waals surface area contributed by atoms with Crippen molar-refractivity contribution < 1.29 is 14.6 Å². The highest BCUT2D eigenvalue weighted by Crippen LogP contribution is 2.25. The van der Waals surface area contributed by atoms with Crippen LogP contribution in [0.5, 0.6) is 0 Å². The van der Waals surface area contributed by atoms with Crippen LogP contribution in [0.2, 0.25) is 0 Å². The van der Waals surface area contributed by atoms with Gasteiger partial charge in [-0.15, -0.1) is 0 Å². The Labute approximate surface area is 116 Å². The minimum atomic E-state index is -0.701. The number of nitrogens with one attached hydrogen (secondary N) is 1. The lowest BCUT2D eigenvalue weighted by molar-refractivity contribution is -0.137. The van der Waals surface area contributed by atoms with Crippen molar-refractivity contribution in [2.75, 3.05) is 45.9 Å². The average molecular weight is 272 g/mol. The van der Waals surface area contributed by atoms with Crippen LogP contribution in [0.4, 0.5) is 0 Å². The Kier molecular flexibility index (Phi) is 7.34. The van der Waals surface area contributed by atoms with Gasteiger partial charge in [-0.1, -0.05) is 13.8 Å². The molecule has 0 atom stereocenters. The van der Waals surface area contributed by atoms with Crippen LogP contribution in [0.15, 0.2) is 0 Å². The van der Waals surface area contributed by atoms with Crippen molar-refractivity contribution in [2.45, 2.75) is 33.1 Å². The summed E-state index contributed by atoms with van der Waals surface area (Å²) in [6.45, 7) is 11.1. The van der Waals surface area contributed by atoms with Gasteiger partial charge in [0, 0.05) is 32.6 Å². The van der Waals surface area contributed by atoms with Crippen LogP contribution in [0.3, 0.4) is 0 Å². The first-order valence-electron chi connectivity index (χ1n) is 7.22. The highest BCUT2D eigenvalue weighted by Gasteiger charge is 2.18. The molecule has 1 heterocycles. The Bertz CT molecular complexity index is 263. The summed E-state index contributed by atoms with van der Waals surface area (Å²) in [6.07, 6.45) is 2.03. The minimum absolute atomic E-state index is 0.102. The molecule has 0 bridgehead atoms. The minimum Gasteiger partial charge on any atom is -0.481 e. The van der Waals surface area contributed by atoms with Gasteiger partial charge in [-0.2, -0.15) is 0 Å². The fourth-order valence-electron chi connectivity index (χ4n) is 2.18. The Hall–Kier alpha value is -0.650. The molecular weight excluding hydrogens is 244 g/mol. The highest BCUT2D eigenvalue weighted by molar-refractivity contribution is 5.66. The number of hydrogen-bond acceptors (Lipinski definition) is 4. The van der Waals surface area contributed by atoms with E-state index in [9.17, 15) is 4.79 Å². The average Bonchev–Trinajstić information content (AvgIpc) is 2.37. The van der Waals surface area contributed by atoms with Crippen molar-refractivity contribution >= 4 is 5.97 Å². The van der Waals surface area contributed by atoms with Crippen molar-refractivity contribution in [3.05, 3.63) is 0 Å². The maximum absolute atomic E-state index is 10.6. The van der Waals surface area contributed by atoms with Gasteiger partial charge in [0.15, 0.2) is 0 Å². The number of aliphatic carboxylic acids is 1. The van der Waals surface area contributed by atoms with Crippen molar-refractivity contribution in [2.24, 2.45) is 5.41 Å². The van der Waals surface area contributed by atoms with Crippen LogP contribution in [-0.2, 0) is 9.53 Å². The van der Waals surface area contributed by atoms with Crippen molar-refractivity contribution in [3.63, 3.8) is 0 Å². The quantitative estimate of drug-likeness (QED) is 0.617. The van der Waals surface area contributed by atoms with E-state index in [2.05, 4.69) is 24.1 Å². The molecule has 0 amide bonds. The second-order valence-electron chi connectivity index (χ2n) is 6.01. The lowest BCUT2D eigenvalue weighted by Gasteiger charge is -2.27.